The number of hydrogen-bond acceptors (Lipinski definition) is 4. The maximum atomic E-state index is 2.44. The molecular formula is C14H26N4. The second-order valence-corrected chi connectivity index (χ2v) is 5.40. The summed E-state index contributed by atoms with van der Waals surface area (Å²) in [7, 11) is 4.26. The number of unbranched alkanes of at least 4 members (excludes halogenated alkanes) is 2. The monoisotopic (exact) mass is 250 g/mol. The fourth-order valence-electron chi connectivity index (χ4n) is 2.59. The van der Waals surface area contributed by atoms with Gasteiger partial charge in [0.05, 0.1) is 13.3 Å². The Kier molecular flexibility index (Phi) is 4.39. The lowest BCUT2D eigenvalue weighted by Crippen LogP contribution is -2.44. The van der Waals surface area contributed by atoms with E-state index in [1.807, 2.05) is 0 Å². The largest absolute Gasteiger partial charge is 0.362 e. The fraction of sp³-hybridized carbons (Fsp3) is 0.714. The van der Waals surface area contributed by atoms with Crippen LogP contribution in [0.4, 0.5) is 0 Å². The Labute approximate surface area is 111 Å². The molecule has 0 amide bonds. The van der Waals surface area contributed by atoms with Crippen molar-refractivity contribution in [1.82, 2.24) is 19.6 Å². The highest BCUT2D eigenvalue weighted by Crippen LogP contribution is 2.21. The van der Waals surface area contributed by atoms with Gasteiger partial charge in [-0.05, 0) is 12.8 Å². The summed E-state index contributed by atoms with van der Waals surface area (Å²) in [4.78, 5) is 9.35. The molecule has 0 N–H and O–H groups in total. The van der Waals surface area contributed by atoms with Crippen LogP contribution in [0.3, 0.4) is 0 Å². The van der Waals surface area contributed by atoms with E-state index in [2.05, 4.69) is 65.4 Å². The Bertz CT molecular complexity index is 287. The van der Waals surface area contributed by atoms with Crippen molar-refractivity contribution in [1.29, 1.82) is 0 Å². The summed E-state index contributed by atoms with van der Waals surface area (Å²) >= 11 is 0. The van der Waals surface area contributed by atoms with E-state index in [9.17, 15) is 0 Å². The summed E-state index contributed by atoms with van der Waals surface area (Å²) in [5, 5.41) is 0. The zero-order valence-corrected chi connectivity index (χ0v) is 11.9. The van der Waals surface area contributed by atoms with E-state index in [-0.39, 0.29) is 0 Å². The molecule has 18 heavy (non-hydrogen) atoms. The van der Waals surface area contributed by atoms with Gasteiger partial charge in [-0.3, -0.25) is 0 Å². The molecule has 4 nitrogen and oxygen atoms in total. The number of nitrogens with zero attached hydrogens (tertiary/aromatic N) is 4. The molecule has 2 aliphatic heterocycles. The summed E-state index contributed by atoms with van der Waals surface area (Å²) in [6.45, 7) is 4.28. The van der Waals surface area contributed by atoms with Gasteiger partial charge in [0.2, 0.25) is 0 Å². The third-order valence-electron chi connectivity index (χ3n) is 3.63. The van der Waals surface area contributed by atoms with Crippen molar-refractivity contribution in [3.8, 4) is 0 Å². The first-order chi connectivity index (χ1) is 8.70. The molecule has 0 unspecified atom stereocenters. The summed E-state index contributed by atoms with van der Waals surface area (Å²) in [6.07, 6.45) is 14.4. The van der Waals surface area contributed by atoms with Gasteiger partial charge >= 0.3 is 0 Å². The Balaban J connectivity index is 1.94. The Hall–Kier alpha value is -1.32. The zero-order valence-electron chi connectivity index (χ0n) is 11.9. The molecule has 0 bridgehead atoms. The van der Waals surface area contributed by atoms with Crippen molar-refractivity contribution >= 4 is 0 Å². The summed E-state index contributed by atoms with van der Waals surface area (Å²) in [6, 6.07) is 0. The lowest BCUT2D eigenvalue weighted by molar-refractivity contribution is 0.0820. The molecule has 0 atom stereocenters. The molecule has 0 aromatic carbocycles. The van der Waals surface area contributed by atoms with Gasteiger partial charge in [0.1, 0.15) is 6.17 Å². The molecule has 0 saturated carbocycles. The Morgan fingerprint density at radius 1 is 0.889 bits per heavy atom. The molecule has 0 fully saturated rings. The normalized spacial score (nSPS) is 18.9. The van der Waals surface area contributed by atoms with Crippen LogP contribution in [0.15, 0.2) is 24.8 Å². The van der Waals surface area contributed by atoms with Crippen LogP contribution in [-0.4, -0.2) is 53.2 Å². The van der Waals surface area contributed by atoms with Crippen LogP contribution in [0, 0.1) is 0 Å². The lowest BCUT2D eigenvalue weighted by atomic mass is 10.1. The predicted molar refractivity (Wildman–Crippen MR) is 75.1 cm³/mol. The maximum absolute atomic E-state index is 2.44. The lowest BCUT2D eigenvalue weighted by Gasteiger charge is -2.36. The maximum Gasteiger partial charge on any atom is 0.104 e. The van der Waals surface area contributed by atoms with E-state index in [1.54, 1.807) is 0 Å². The van der Waals surface area contributed by atoms with Gasteiger partial charge < -0.3 is 19.6 Å². The minimum atomic E-state index is 0.499. The van der Waals surface area contributed by atoms with Gasteiger partial charge in [0.25, 0.3) is 0 Å². The molecule has 2 heterocycles. The van der Waals surface area contributed by atoms with E-state index in [0.29, 0.717) is 6.17 Å². The fourth-order valence-corrected chi connectivity index (χ4v) is 2.59. The first-order valence-electron chi connectivity index (χ1n) is 6.99. The highest BCUT2D eigenvalue weighted by molar-refractivity contribution is 4.97. The van der Waals surface area contributed by atoms with Gasteiger partial charge in [-0.25, -0.2) is 0 Å². The molecule has 2 rings (SSSR count). The summed E-state index contributed by atoms with van der Waals surface area (Å²) < 4.78 is 0. The first kappa shape index (κ1) is 13.1. The van der Waals surface area contributed by atoms with Crippen molar-refractivity contribution in [3.63, 3.8) is 0 Å². The Morgan fingerprint density at radius 3 is 1.83 bits per heavy atom. The van der Waals surface area contributed by atoms with E-state index in [4.69, 9.17) is 0 Å². The van der Waals surface area contributed by atoms with Crippen LogP contribution in [0.2, 0.25) is 0 Å². The van der Waals surface area contributed by atoms with E-state index in [0.717, 1.165) is 13.3 Å². The smallest absolute Gasteiger partial charge is 0.104 e. The van der Waals surface area contributed by atoms with E-state index >= 15 is 0 Å². The molecule has 0 aromatic heterocycles. The van der Waals surface area contributed by atoms with Crippen molar-refractivity contribution in [2.45, 2.75) is 38.8 Å². The summed E-state index contributed by atoms with van der Waals surface area (Å²) in [5.74, 6) is 0. The van der Waals surface area contributed by atoms with Gasteiger partial charge in [-0.1, -0.05) is 19.8 Å². The third-order valence-corrected chi connectivity index (χ3v) is 3.63. The highest BCUT2D eigenvalue weighted by Gasteiger charge is 2.25. The average molecular weight is 250 g/mol. The minimum absolute atomic E-state index is 0.499. The predicted octanol–water partition coefficient (Wildman–Crippen LogP) is 2.25. The van der Waals surface area contributed by atoms with Crippen LogP contribution in [0.25, 0.3) is 0 Å². The second kappa shape index (κ2) is 6.03. The van der Waals surface area contributed by atoms with E-state index in [1.165, 1.54) is 25.7 Å². The van der Waals surface area contributed by atoms with Gasteiger partial charge in [0, 0.05) is 38.9 Å². The van der Waals surface area contributed by atoms with Crippen LogP contribution in [0.1, 0.15) is 32.6 Å². The highest BCUT2D eigenvalue weighted by atomic mass is 15.5. The van der Waals surface area contributed by atoms with Gasteiger partial charge in [-0.15, -0.1) is 0 Å². The molecule has 0 saturated heterocycles. The van der Waals surface area contributed by atoms with Crippen molar-refractivity contribution in [3.05, 3.63) is 24.8 Å². The standard InChI is InChI=1S/C14H26N4/c1-4-5-6-7-14(17-10-8-15(2)12-17)18-11-9-16(3)13-18/h8-11,14H,4-7,12-13H2,1-3H3. The topological polar surface area (TPSA) is 13.0 Å². The minimum Gasteiger partial charge on any atom is -0.362 e. The first-order valence-corrected chi connectivity index (χ1v) is 6.99. The molecule has 0 aromatic rings. The second-order valence-electron chi connectivity index (χ2n) is 5.40. The number of rotatable bonds is 6. The van der Waals surface area contributed by atoms with Crippen LogP contribution in [-0.2, 0) is 0 Å². The molecule has 0 aliphatic carbocycles. The molecule has 2 aliphatic rings. The molecule has 4 heteroatoms. The quantitative estimate of drug-likeness (QED) is 0.670. The molecule has 0 spiro atoms. The Morgan fingerprint density at radius 2 is 1.44 bits per heavy atom. The van der Waals surface area contributed by atoms with Crippen LogP contribution in [0.5, 0.6) is 0 Å². The zero-order chi connectivity index (χ0) is 13.0. The van der Waals surface area contributed by atoms with E-state index < -0.39 is 0 Å². The molecule has 102 valence electrons. The number of hydrogen-bond donors (Lipinski definition) is 0. The SMILES string of the molecule is CCCCCC(N1C=CN(C)C1)N1C=CN(C)C1. The van der Waals surface area contributed by atoms with Gasteiger partial charge in [-0.2, -0.15) is 0 Å². The van der Waals surface area contributed by atoms with Crippen LogP contribution < -0.4 is 0 Å². The molecular weight excluding hydrogens is 224 g/mol. The van der Waals surface area contributed by atoms with Crippen molar-refractivity contribution in [2.24, 2.45) is 0 Å². The molecule has 0 radical (unpaired) electrons. The third kappa shape index (κ3) is 3.12. The van der Waals surface area contributed by atoms with Gasteiger partial charge in [0.15, 0.2) is 0 Å². The van der Waals surface area contributed by atoms with Crippen LogP contribution >= 0.6 is 0 Å². The average Bonchev–Trinajstić information content (AvgIpc) is 2.94. The van der Waals surface area contributed by atoms with Crippen molar-refractivity contribution < 1.29 is 0 Å². The van der Waals surface area contributed by atoms with Crippen molar-refractivity contribution in [2.75, 3.05) is 27.4 Å². The summed E-state index contributed by atoms with van der Waals surface area (Å²) in [5.41, 5.74) is 0.